The fourth-order valence-corrected chi connectivity index (χ4v) is 6.47. The lowest BCUT2D eigenvalue weighted by Gasteiger charge is -2.42. The monoisotopic (exact) mass is 496 g/mol. The Bertz CT molecular complexity index is 1270. The number of anilines is 1. The fraction of sp³-hybridized carbons (Fsp3) is 0.333. The van der Waals surface area contributed by atoms with E-state index >= 15 is 0 Å². The van der Waals surface area contributed by atoms with Crippen molar-refractivity contribution in [2.75, 3.05) is 18.0 Å². The predicted molar refractivity (Wildman–Crippen MR) is 133 cm³/mol. The molecule has 2 N–H and O–H groups in total. The summed E-state index contributed by atoms with van der Waals surface area (Å²) in [6, 6.07) is 9.74. The van der Waals surface area contributed by atoms with Crippen LogP contribution in [-0.4, -0.2) is 33.1 Å². The number of thioether (sulfide) groups is 1. The van der Waals surface area contributed by atoms with Gasteiger partial charge in [-0.1, -0.05) is 47.1 Å². The number of fused-ring (bicyclic) bond motifs is 2. The zero-order valence-electron chi connectivity index (χ0n) is 17.8. The third-order valence-electron chi connectivity index (χ3n) is 7.02. The summed E-state index contributed by atoms with van der Waals surface area (Å²) in [6.07, 6.45) is 6.49. The lowest BCUT2D eigenvalue weighted by Crippen LogP contribution is -2.44. The van der Waals surface area contributed by atoms with Crippen LogP contribution < -0.4 is 10.6 Å². The van der Waals surface area contributed by atoms with Gasteiger partial charge in [0.2, 0.25) is 0 Å². The summed E-state index contributed by atoms with van der Waals surface area (Å²) in [6.45, 7) is 2.34. The number of aromatic nitrogens is 3. The van der Waals surface area contributed by atoms with Crippen molar-refractivity contribution in [2.24, 2.45) is 16.1 Å². The fourth-order valence-electron chi connectivity index (χ4n) is 5.13. The average Bonchev–Trinajstić information content (AvgIpc) is 3.34. The number of hydrogen-bond donors (Lipinski definition) is 1. The minimum atomic E-state index is -0.0234. The van der Waals surface area contributed by atoms with Crippen molar-refractivity contribution in [3.8, 4) is 0 Å². The van der Waals surface area contributed by atoms with Crippen molar-refractivity contribution >= 4 is 45.8 Å². The van der Waals surface area contributed by atoms with Gasteiger partial charge in [-0.05, 0) is 48.4 Å². The zero-order chi connectivity index (χ0) is 22.6. The van der Waals surface area contributed by atoms with Crippen LogP contribution in [0.5, 0.6) is 0 Å². The second-order valence-electron chi connectivity index (χ2n) is 8.87. The van der Waals surface area contributed by atoms with Crippen LogP contribution in [-0.2, 0) is 13.0 Å². The first kappa shape index (κ1) is 21.4. The molecule has 1 spiro atoms. The van der Waals surface area contributed by atoms with Crippen molar-refractivity contribution in [3.05, 3.63) is 75.4 Å². The lowest BCUT2D eigenvalue weighted by molar-refractivity contribution is 0.186. The summed E-state index contributed by atoms with van der Waals surface area (Å²) in [5, 5.41) is 2.24. The molecule has 1 aliphatic carbocycles. The van der Waals surface area contributed by atoms with Gasteiger partial charge in [-0.2, -0.15) is 0 Å². The van der Waals surface area contributed by atoms with Gasteiger partial charge in [0.1, 0.15) is 16.6 Å². The molecule has 6 rings (SSSR count). The number of nitrogens with zero attached hydrogens (tertiary/aromatic N) is 5. The van der Waals surface area contributed by atoms with E-state index in [0.717, 1.165) is 75.8 Å². The number of benzene rings is 1. The maximum absolute atomic E-state index is 6.70. The van der Waals surface area contributed by atoms with Crippen LogP contribution in [0, 0.1) is 5.41 Å². The summed E-state index contributed by atoms with van der Waals surface area (Å²) in [7, 11) is 0. The zero-order valence-corrected chi connectivity index (χ0v) is 20.2. The first-order valence-electron chi connectivity index (χ1n) is 11.0. The van der Waals surface area contributed by atoms with Gasteiger partial charge < -0.3 is 10.6 Å². The molecule has 3 aromatic rings. The number of nitrogens with two attached hydrogens (primary N) is 1. The van der Waals surface area contributed by atoms with E-state index in [1.807, 2.05) is 36.5 Å². The summed E-state index contributed by atoms with van der Waals surface area (Å²) in [4.78, 5) is 22.2. The highest BCUT2D eigenvalue weighted by Gasteiger charge is 2.47. The van der Waals surface area contributed by atoms with Crippen molar-refractivity contribution in [1.29, 1.82) is 0 Å². The second-order valence-corrected chi connectivity index (χ2v) is 10.7. The SMILES string of the molecule is N[C@@H]1c2cc(Cl)cnc2CC12CCN(c1cnc3c(n1)CN=C3Sc1ccccc1Cl)CC2. The molecule has 0 unspecified atom stereocenters. The van der Waals surface area contributed by atoms with E-state index in [2.05, 4.69) is 14.9 Å². The smallest absolute Gasteiger partial charge is 0.147 e. The molecule has 33 heavy (non-hydrogen) atoms. The third kappa shape index (κ3) is 3.71. The molecular weight excluding hydrogens is 475 g/mol. The lowest BCUT2D eigenvalue weighted by atomic mass is 9.73. The summed E-state index contributed by atoms with van der Waals surface area (Å²) < 4.78 is 0. The minimum absolute atomic E-state index is 0.0234. The molecule has 0 amide bonds. The highest BCUT2D eigenvalue weighted by atomic mass is 35.5. The van der Waals surface area contributed by atoms with Crippen molar-refractivity contribution in [1.82, 2.24) is 15.0 Å². The summed E-state index contributed by atoms with van der Waals surface area (Å²) >= 11 is 14.0. The Morgan fingerprint density at radius 2 is 1.88 bits per heavy atom. The maximum atomic E-state index is 6.70. The summed E-state index contributed by atoms with van der Waals surface area (Å²) in [5.74, 6) is 0.910. The molecule has 2 aromatic heterocycles. The molecule has 168 valence electrons. The number of piperidine rings is 1. The van der Waals surface area contributed by atoms with Gasteiger partial charge in [0.15, 0.2) is 0 Å². The van der Waals surface area contributed by atoms with Crippen LogP contribution in [0.1, 0.15) is 41.5 Å². The van der Waals surface area contributed by atoms with Gasteiger partial charge in [0.05, 0.1) is 28.5 Å². The third-order valence-corrected chi connectivity index (χ3v) is 8.76. The van der Waals surface area contributed by atoms with Crippen LogP contribution in [0.15, 0.2) is 52.6 Å². The number of rotatable bonds is 2. The Balaban J connectivity index is 1.16. The number of halogens is 2. The topological polar surface area (TPSA) is 80.3 Å². The normalized spacial score (nSPS) is 20.6. The van der Waals surface area contributed by atoms with E-state index in [1.54, 1.807) is 18.0 Å². The van der Waals surface area contributed by atoms with E-state index in [4.69, 9.17) is 38.9 Å². The molecule has 6 nitrogen and oxygen atoms in total. The van der Waals surface area contributed by atoms with Crippen LogP contribution >= 0.6 is 35.0 Å². The molecule has 1 saturated heterocycles. The first-order chi connectivity index (χ1) is 16.0. The molecule has 1 atom stereocenters. The van der Waals surface area contributed by atoms with Crippen LogP contribution in [0.2, 0.25) is 10.0 Å². The van der Waals surface area contributed by atoms with Gasteiger partial charge in [-0.25, -0.2) is 9.97 Å². The predicted octanol–water partition coefficient (Wildman–Crippen LogP) is 5.07. The van der Waals surface area contributed by atoms with Crippen molar-refractivity contribution in [2.45, 2.75) is 36.7 Å². The van der Waals surface area contributed by atoms with E-state index in [1.165, 1.54) is 0 Å². The Morgan fingerprint density at radius 1 is 1.06 bits per heavy atom. The average molecular weight is 497 g/mol. The van der Waals surface area contributed by atoms with E-state index in [-0.39, 0.29) is 11.5 Å². The van der Waals surface area contributed by atoms with Crippen molar-refractivity contribution in [3.63, 3.8) is 0 Å². The largest absolute Gasteiger partial charge is 0.355 e. The Hall–Kier alpha value is -2.19. The van der Waals surface area contributed by atoms with Crippen LogP contribution in [0.25, 0.3) is 0 Å². The number of pyridine rings is 1. The van der Waals surface area contributed by atoms with Gasteiger partial charge in [-0.3, -0.25) is 9.98 Å². The standard InChI is InChI=1S/C24H22Cl2N6S/c25-14-9-15-17(28-11-14)10-24(22(15)27)5-7-32(8-6-24)20-13-29-21-18(31-20)12-30-23(21)33-19-4-2-1-3-16(19)26/h1-4,9,11,13,22H,5-8,10,12,27H2/t22-/m1/s1. The van der Waals surface area contributed by atoms with Crippen LogP contribution in [0.4, 0.5) is 5.82 Å². The molecule has 9 heteroatoms. The molecule has 0 bridgehead atoms. The molecule has 2 aliphatic heterocycles. The quantitative estimate of drug-likeness (QED) is 0.533. The number of hydrogen-bond acceptors (Lipinski definition) is 7. The van der Waals surface area contributed by atoms with Gasteiger partial charge in [0.25, 0.3) is 0 Å². The Kier molecular flexibility index (Phi) is 5.33. The number of aliphatic imine (C=N–C) groups is 1. The molecule has 0 radical (unpaired) electrons. The first-order valence-corrected chi connectivity index (χ1v) is 12.6. The van der Waals surface area contributed by atoms with E-state index in [0.29, 0.717) is 11.6 Å². The second kappa shape index (κ2) is 8.24. The molecular formula is C24H22Cl2N6S. The molecule has 1 fully saturated rings. The van der Waals surface area contributed by atoms with Crippen LogP contribution in [0.3, 0.4) is 0 Å². The highest BCUT2D eigenvalue weighted by molar-refractivity contribution is 8.14. The minimum Gasteiger partial charge on any atom is -0.355 e. The maximum Gasteiger partial charge on any atom is 0.147 e. The van der Waals surface area contributed by atoms with Gasteiger partial charge in [0, 0.05) is 35.9 Å². The highest BCUT2D eigenvalue weighted by Crippen LogP contribution is 2.50. The van der Waals surface area contributed by atoms with Gasteiger partial charge >= 0.3 is 0 Å². The Labute approximate surface area is 206 Å². The molecule has 0 saturated carbocycles. The molecule has 3 aliphatic rings. The molecule has 4 heterocycles. The van der Waals surface area contributed by atoms with Crippen molar-refractivity contribution < 1.29 is 0 Å². The Morgan fingerprint density at radius 3 is 2.70 bits per heavy atom. The van der Waals surface area contributed by atoms with Gasteiger partial charge in [-0.15, -0.1) is 0 Å². The van der Waals surface area contributed by atoms with E-state index < -0.39 is 0 Å². The molecule has 1 aromatic carbocycles. The summed E-state index contributed by atoms with van der Waals surface area (Å²) in [5.41, 5.74) is 10.7. The van der Waals surface area contributed by atoms with E-state index in [9.17, 15) is 0 Å².